The number of nitrogens with one attached hydrogen (secondary N) is 1. The van der Waals surface area contributed by atoms with Crippen LogP contribution in [0.3, 0.4) is 0 Å². The van der Waals surface area contributed by atoms with Gasteiger partial charge in [-0.15, -0.1) is 36.2 Å². The first-order valence-corrected chi connectivity index (χ1v) is 7.90. The van der Waals surface area contributed by atoms with Crippen LogP contribution in [0.15, 0.2) is 0 Å². The number of rotatable bonds is 4. The van der Waals surface area contributed by atoms with E-state index in [1.54, 1.807) is 11.3 Å². The second kappa shape index (κ2) is 9.62. The number of carbonyl (C=O) groups is 1. The summed E-state index contributed by atoms with van der Waals surface area (Å²) in [7, 11) is 1.97. The number of likely N-dealkylation sites (N-methyl/N-ethyl adjacent to an activating group) is 1. The molecule has 122 valence electrons. The zero-order valence-electron chi connectivity index (χ0n) is 12.8. The largest absolute Gasteiger partial charge is 0.336 e. The minimum absolute atomic E-state index is 0. The topological polar surface area (TPSA) is 45.2 Å². The quantitative estimate of drug-likeness (QED) is 0.904. The molecular weight excluding hydrogens is 329 g/mol. The number of piperidine rings is 1. The van der Waals surface area contributed by atoms with Gasteiger partial charge in [-0.25, -0.2) is 4.98 Å². The molecule has 1 aromatic heterocycles. The van der Waals surface area contributed by atoms with Gasteiger partial charge in [-0.2, -0.15) is 0 Å². The molecular formula is C14H25Cl2N3OS. The van der Waals surface area contributed by atoms with Gasteiger partial charge in [-0.05, 0) is 39.7 Å². The van der Waals surface area contributed by atoms with Crippen LogP contribution in [0.1, 0.15) is 46.6 Å². The molecule has 0 saturated carbocycles. The molecule has 1 aliphatic rings. The lowest BCUT2D eigenvalue weighted by molar-refractivity contribution is 0.0702. The maximum atomic E-state index is 12.6. The van der Waals surface area contributed by atoms with Gasteiger partial charge in [0.15, 0.2) is 0 Å². The summed E-state index contributed by atoms with van der Waals surface area (Å²) >= 11 is 1.57. The predicted octanol–water partition coefficient (Wildman–Crippen LogP) is 3.07. The smallest absolute Gasteiger partial charge is 0.265 e. The van der Waals surface area contributed by atoms with Crippen molar-refractivity contribution in [2.45, 2.75) is 45.6 Å². The van der Waals surface area contributed by atoms with Gasteiger partial charge in [0.1, 0.15) is 4.88 Å². The molecule has 4 nitrogen and oxygen atoms in total. The van der Waals surface area contributed by atoms with Crippen LogP contribution in [-0.2, 0) is 6.42 Å². The molecule has 2 heterocycles. The van der Waals surface area contributed by atoms with Gasteiger partial charge < -0.3 is 10.2 Å². The van der Waals surface area contributed by atoms with Crippen molar-refractivity contribution in [3.63, 3.8) is 0 Å². The number of amides is 1. The van der Waals surface area contributed by atoms with Crippen LogP contribution in [0.25, 0.3) is 0 Å². The monoisotopic (exact) mass is 353 g/mol. The first kappa shape index (κ1) is 20.6. The Kier molecular flexibility index (Phi) is 9.45. The van der Waals surface area contributed by atoms with E-state index in [4.69, 9.17) is 0 Å². The van der Waals surface area contributed by atoms with Crippen LogP contribution in [0.5, 0.6) is 0 Å². The Bertz CT molecular complexity index is 453. The summed E-state index contributed by atoms with van der Waals surface area (Å²) in [4.78, 5) is 19.9. The van der Waals surface area contributed by atoms with E-state index in [1.807, 2.05) is 18.9 Å². The average molecular weight is 354 g/mol. The fourth-order valence-corrected chi connectivity index (χ4v) is 3.65. The fourth-order valence-electron chi connectivity index (χ4n) is 2.51. The highest BCUT2D eigenvalue weighted by Crippen LogP contribution is 2.23. The van der Waals surface area contributed by atoms with Crippen LogP contribution < -0.4 is 5.32 Å². The highest BCUT2D eigenvalue weighted by molar-refractivity contribution is 7.13. The third kappa shape index (κ3) is 5.09. The van der Waals surface area contributed by atoms with Crippen LogP contribution in [0.4, 0.5) is 0 Å². The third-order valence-electron chi connectivity index (χ3n) is 3.62. The summed E-state index contributed by atoms with van der Waals surface area (Å²) in [5.74, 6) is 0.164. The first-order valence-electron chi connectivity index (χ1n) is 7.08. The van der Waals surface area contributed by atoms with E-state index < -0.39 is 0 Å². The number of nitrogens with zero attached hydrogens (tertiary/aromatic N) is 2. The van der Waals surface area contributed by atoms with Crippen molar-refractivity contribution >= 4 is 42.1 Å². The second-order valence-corrected chi connectivity index (χ2v) is 6.23. The first-order chi connectivity index (χ1) is 9.15. The van der Waals surface area contributed by atoms with Crippen LogP contribution in [0.2, 0.25) is 0 Å². The molecule has 1 atom stereocenters. The molecule has 1 N–H and O–H groups in total. The molecule has 21 heavy (non-hydrogen) atoms. The summed E-state index contributed by atoms with van der Waals surface area (Å²) < 4.78 is 0. The number of hydrogen-bond acceptors (Lipinski definition) is 4. The van der Waals surface area contributed by atoms with Crippen molar-refractivity contribution in [1.82, 2.24) is 15.2 Å². The Hall–Kier alpha value is -0.360. The average Bonchev–Trinajstić information content (AvgIpc) is 2.79. The highest BCUT2D eigenvalue weighted by Gasteiger charge is 2.26. The van der Waals surface area contributed by atoms with Gasteiger partial charge in [0.05, 0.1) is 10.7 Å². The van der Waals surface area contributed by atoms with E-state index in [9.17, 15) is 4.79 Å². The summed E-state index contributed by atoms with van der Waals surface area (Å²) in [6.07, 6.45) is 4.28. The number of aryl methyl sites for hydroxylation is 2. The maximum absolute atomic E-state index is 12.6. The van der Waals surface area contributed by atoms with Gasteiger partial charge in [-0.3, -0.25) is 4.79 Å². The van der Waals surface area contributed by atoms with Gasteiger partial charge in [0.2, 0.25) is 0 Å². The van der Waals surface area contributed by atoms with Crippen molar-refractivity contribution < 1.29 is 4.79 Å². The van der Waals surface area contributed by atoms with E-state index in [-0.39, 0.29) is 30.7 Å². The zero-order chi connectivity index (χ0) is 13.8. The molecule has 1 aliphatic heterocycles. The third-order valence-corrected chi connectivity index (χ3v) is 4.82. The Morgan fingerprint density at radius 1 is 1.48 bits per heavy atom. The summed E-state index contributed by atoms with van der Waals surface area (Å²) in [6, 6.07) is 0.432. The molecule has 0 aromatic carbocycles. The summed E-state index contributed by atoms with van der Waals surface area (Å²) in [5.41, 5.74) is 0.894. The van der Waals surface area contributed by atoms with Gasteiger partial charge in [-0.1, -0.05) is 6.92 Å². The maximum Gasteiger partial charge on any atom is 0.265 e. The lowest BCUT2D eigenvalue weighted by Gasteiger charge is -2.32. The minimum Gasteiger partial charge on any atom is -0.336 e. The van der Waals surface area contributed by atoms with Crippen LogP contribution >= 0.6 is 36.2 Å². The van der Waals surface area contributed by atoms with E-state index in [0.717, 1.165) is 54.4 Å². The SMILES string of the molecule is CCCc1nc(C)c(C(=O)N2CCCC(NC)C2)s1.Cl.Cl. The molecule has 0 radical (unpaired) electrons. The number of thiazole rings is 1. The molecule has 7 heteroatoms. The molecule has 1 saturated heterocycles. The van der Waals surface area contributed by atoms with Crippen molar-refractivity contribution in [2.24, 2.45) is 0 Å². The summed E-state index contributed by atoms with van der Waals surface area (Å²) in [6.45, 7) is 5.77. The summed E-state index contributed by atoms with van der Waals surface area (Å²) in [5, 5.41) is 4.36. The van der Waals surface area contributed by atoms with E-state index in [2.05, 4.69) is 17.2 Å². The highest BCUT2D eigenvalue weighted by atomic mass is 35.5. The lowest BCUT2D eigenvalue weighted by atomic mass is 10.1. The van der Waals surface area contributed by atoms with Crippen LogP contribution in [-0.4, -0.2) is 42.0 Å². The molecule has 0 bridgehead atoms. The van der Waals surface area contributed by atoms with Crippen molar-refractivity contribution in [1.29, 1.82) is 0 Å². The second-order valence-electron chi connectivity index (χ2n) is 5.15. The standard InChI is InChI=1S/C14H23N3OS.2ClH/c1-4-6-12-16-10(2)13(19-12)14(18)17-8-5-7-11(9-17)15-3;;/h11,15H,4-9H2,1-3H3;2*1H. The zero-order valence-corrected chi connectivity index (χ0v) is 15.3. The number of hydrogen-bond donors (Lipinski definition) is 1. The normalized spacial score (nSPS) is 17.9. The molecule has 2 rings (SSSR count). The van der Waals surface area contributed by atoms with E-state index >= 15 is 0 Å². The van der Waals surface area contributed by atoms with Gasteiger partial charge in [0.25, 0.3) is 5.91 Å². The van der Waals surface area contributed by atoms with Crippen molar-refractivity contribution in [3.05, 3.63) is 15.6 Å². The Morgan fingerprint density at radius 3 is 2.81 bits per heavy atom. The molecule has 0 aliphatic carbocycles. The predicted molar refractivity (Wildman–Crippen MR) is 93.3 cm³/mol. The number of aromatic nitrogens is 1. The molecule has 1 unspecified atom stereocenters. The van der Waals surface area contributed by atoms with Crippen molar-refractivity contribution in [2.75, 3.05) is 20.1 Å². The Morgan fingerprint density at radius 2 is 2.19 bits per heavy atom. The van der Waals surface area contributed by atoms with Gasteiger partial charge in [0, 0.05) is 19.1 Å². The molecule has 1 amide bonds. The fraction of sp³-hybridized carbons (Fsp3) is 0.714. The number of halogens is 2. The van der Waals surface area contributed by atoms with Crippen LogP contribution in [0, 0.1) is 6.92 Å². The van der Waals surface area contributed by atoms with Gasteiger partial charge >= 0.3 is 0 Å². The molecule has 1 aromatic rings. The lowest BCUT2D eigenvalue weighted by Crippen LogP contribution is -2.46. The Balaban J connectivity index is 0.00000200. The minimum atomic E-state index is 0. The molecule has 0 spiro atoms. The number of likely N-dealkylation sites (tertiary alicyclic amines) is 1. The molecule has 1 fully saturated rings. The van der Waals surface area contributed by atoms with Crippen molar-refractivity contribution in [3.8, 4) is 0 Å². The van der Waals surface area contributed by atoms with E-state index in [0.29, 0.717) is 6.04 Å². The number of carbonyl (C=O) groups excluding carboxylic acids is 1. The Labute approximate surface area is 143 Å². The van der Waals surface area contributed by atoms with E-state index in [1.165, 1.54) is 0 Å².